The number of aromatic carboxylic acids is 1. The highest BCUT2D eigenvalue weighted by atomic mass is 16.4. The maximum Gasteiger partial charge on any atom is 0.335 e. The maximum atomic E-state index is 12.5. The average molecular weight is 350 g/mol. The molecule has 0 unspecified atom stereocenters. The van der Waals surface area contributed by atoms with Crippen molar-refractivity contribution in [2.45, 2.75) is 6.92 Å². The second-order valence-corrected chi connectivity index (χ2v) is 5.74. The predicted octanol–water partition coefficient (Wildman–Crippen LogP) is 2.63. The van der Waals surface area contributed by atoms with Crippen molar-refractivity contribution in [2.24, 2.45) is 12.1 Å². The molecule has 0 fully saturated rings. The summed E-state index contributed by atoms with van der Waals surface area (Å²) < 4.78 is 3.32. The SMILES string of the molecule is Cc1c(/C=N\Nc2ccc(C(=O)O)cc2)n(C)n(-c2ccccc2)c1=O. The lowest BCUT2D eigenvalue weighted by Gasteiger charge is -2.08. The van der Waals surface area contributed by atoms with Crippen LogP contribution in [0.5, 0.6) is 0 Å². The normalized spacial score (nSPS) is 11.0. The van der Waals surface area contributed by atoms with E-state index in [-0.39, 0.29) is 11.1 Å². The molecule has 3 rings (SSSR count). The van der Waals surface area contributed by atoms with Gasteiger partial charge in [-0.25, -0.2) is 9.48 Å². The van der Waals surface area contributed by atoms with Crippen LogP contribution < -0.4 is 11.0 Å². The van der Waals surface area contributed by atoms with E-state index in [1.165, 1.54) is 12.1 Å². The number of aromatic nitrogens is 2. The first-order valence-corrected chi connectivity index (χ1v) is 7.95. The van der Waals surface area contributed by atoms with Crippen LogP contribution in [0.2, 0.25) is 0 Å². The number of hydrogen-bond donors (Lipinski definition) is 2. The van der Waals surface area contributed by atoms with Gasteiger partial charge in [-0.3, -0.25) is 14.9 Å². The van der Waals surface area contributed by atoms with Gasteiger partial charge in [0.15, 0.2) is 0 Å². The Morgan fingerprint density at radius 1 is 1.12 bits per heavy atom. The van der Waals surface area contributed by atoms with Crippen molar-refractivity contribution in [3.8, 4) is 5.69 Å². The number of nitrogens with one attached hydrogen (secondary N) is 1. The summed E-state index contributed by atoms with van der Waals surface area (Å²) in [7, 11) is 1.80. The van der Waals surface area contributed by atoms with E-state index in [4.69, 9.17) is 5.11 Å². The summed E-state index contributed by atoms with van der Waals surface area (Å²) in [6.07, 6.45) is 1.57. The largest absolute Gasteiger partial charge is 0.478 e. The van der Waals surface area contributed by atoms with Crippen LogP contribution in [-0.4, -0.2) is 26.7 Å². The van der Waals surface area contributed by atoms with Gasteiger partial charge in [0, 0.05) is 12.6 Å². The molecular formula is C19H18N4O3. The highest BCUT2D eigenvalue weighted by Gasteiger charge is 2.13. The minimum Gasteiger partial charge on any atom is -0.478 e. The first kappa shape index (κ1) is 17.2. The molecule has 3 aromatic rings. The second kappa shape index (κ2) is 7.10. The Morgan fingerprint density at radius 2 is 1.77 bits per heavy atom. The van der Waals surface area contributed by atoms with Gasteiger partial charge >= 0.3 is 5.97 Å². The van der Waals surface area contributed by atoms with Crippen molar-refractivity contribution in [2.75, 3.05) is 5.43 Å². The maximum absolute atomic E-state index is 12.5. The summed E-state index contributed by atoms with van der Waals surface area (Å²) in [4.78, 5) is 23.4. The fourth-order valence-electron chi connectivity index (χ4n) is 2.65. The van der Waals surface area contributed by atoms with Crippen molar-refractivity contribution < 1.29 is 9.90 Å². The fourth-order valence-corrected chi connectivity index (χ4v) is 2.65. The quantitative estimate of drug-likeness (QED) is 0.547. The van der Waals surface area contributed by atoms with Gasteiger partial charge in [0.2, 0.25) is 0 Å². The molecule has 2 N–H and O–H groups in total. The summed E-state index contributed by atoms with van der Waals surface area (Å²) in [5.74, 6) is -0.979. The van der Waals surface area contributed by atoms with E-state index in [9.17, 15) is 9.59 Å². The van der Waals surface area contributed by atoms with Crippen molar-refractivity contribution in [3.63, 3.8) is 0 Å². The zero-order chi connectivity index (χ0) is 18.7. The molecule has 1 aromatic heterocycles. The molecule has 0 aliphatic rings. The Balaban J connectivity index is 1.85. The van der Waals surface area contributed by atoms with Gasteiger partial charge in [0.1, 0.15) is 0 Å². The molecule has 0 aliphatic heterocycles. The van der Waals surface area contributed by atoms with Crippen LogP contribution in [0.25, 0.3) is 5.69 Å². The molecule has 0 radical (unpaired) electrons. The first-order valence-electron chi connectivity index (χ1n) is 7.95. The van der Waals surface area contributed by atoms with Gasteiger partial charge in [0.25, 0.3) is 5.56 Å². The lowest BCUT2D eigenvalue weighted by atomic mass is 10.2. The Hall–Kier alpha value is -3.61. The minimum atomic E-state index is -0.979. The van der Waals surface area contributed by atoms with E-state index in [0.29, 0.717) is 16.9 Å². The summed E-state index contributed by atoms with van der Waals surface area (Å²) >= 11 is 0. The van der Waals surface area contributed by atoms with Crippen LogP contribution in [0.15, 0.2) is 64.5 Å². The van der Waals surface area contributed by atoms with Crippen molar-refractivity contribution in [1.29, 1.82) is 0 Å². The molecule has 7 heteroatoms. The smallest absolute Gasteiger partial charge is 0.335 e. The van der Waals surface area contributed by atoms with E-state index < -0.39 is 5.97 Å². The third kappa shape index (κ3) is 3.27. The number of carboxylic acids is 1. The number of anilines is 1. The van der Waals surface area contributed by atoms with Gasteiger partial charge in [-0.05, 0) is 43.3 Å². The zero-order valence-electron chi connectivity index (χ0n) is 14.4. The monoisotopic (exact) mass is 350 g/mol. The molecule has 26 heavy (non-hydrogen) atoms. The van der Waals surface area contributed by atoms with E-state index in [1.807, 2.05) is 30.3 Å². The van der Waals surface area contributed by atoms with Gasteiger partial charge in [-0.15, -0.1) is 0 Å². The average Bonchev–Trinajstić information content (AvgIpc) is 2.86. The van der Waals surface area contributed by atoms with Crippen molar-refractivity contribution >= 4 is 17.9 Å². The highest BCUT2D eigenvalue weighted by Crippen LogP contribution is 2.11. The lowest BCUT2D eigenvalue weighted by Crippen LogP contribution is -2.20. The molecule has 0 bridgehead atoms. The lowest BCUT2D eigenvalue weighted by molar-refractivity contribution is 0.0697. The molecule has 0 saturated heterocycles. The van der Waals surface area contributed by atoms with Crippen LogP contribution in [0, 0.1) is 6.92 Å². The molecule has 0 atom stereocenters. The summed E-state index contributed by atoms with van der Waals surface area (Å²) in [5.41, 5.74) is 5.62. The predicted molar refractivity (Wildman–Crippen MR) is 100 cm³/mol. The third-order valence-corrected chi connectivity index (χ3v) is 4.06. The van der Waals surface area contributed by atoms with Crippen LogP contribution in [0.3, 0.4) is 0 Å². The summed E-state index contributed by atoms with van der Waals surface area (Å²) in [6.45, 7) is 1.75. The Bertz CT molecular complexity index is 1020. The highest BCUT2D eigenvalue weighted by molar-refractivity contribution is 5.88. The Kier molecular flexibility index (Phi) is 4.70. The molecule has 2 aromatic carbocycles. The van der Waals surface area contributed by atoms with E-state index in [1.54, 1.807) is 41.7 Å². The standard InChI is InChI=1S/C19H18N4O3/c1-13-17(12-20-21-15-10-8-14(9-11-15)19(25)26)22(2)23(18(13)24)16-6-4-3-5-7-16/h3-12,21H,1-2H3,(H,25,26)/b20-12-. The van der Waals surface area contributed by atoms with Gasteiger partial charge in [-0.1, -0.05) is 18.2 Å². The van der Waals surface area contributed by atoms with Crippen molar-refractivity contribution in [3.05, 3.63) is 81.8 Å². The molecule has 0 saturated carbocycles. The summed E-state index contributed by atoms with van der Waals surface area (Å²) in [5, 5.41) is 13.1. The number of carbonyl (C=O) groups is 1. The van der Waals surface area contributed by atoms with Crippen molar-refractivity contribution in [1.82, 2.24) is 9.36 Å². The number of carboxylic acid groups (broad SMARTS) is 1. The number of hydrazone groups is 1. The zero-order valence-corrected chi connectivity index (χ0v) is 14.4. The topological polar surface area (TPSA) is 88.6 Å². The van der Waals surface area contributed by atoms with E-state index in [2.05, 4.69) is 10.5 Å². The summed E-state index contributed by atoms with van der Waals surface area (Å²) in [6, 6.07) is 15.6. The Labute approximate surface area is 149 Å². The second-order valence-electron chi connectivity index (χ2n) is 5.74. The minimum absolute atomic E-state index is 0.106. The van der Waals surface area contributed by atoms with Gasteiger partial charge in [0.05, 0.1) is 28.8 Å². The number of hydrogen-bond acceptors (Lipinski definition) is 4. The van der Waals surface area contributed by atoms with Gasteiger partial charge in [-0.2, -0.15) is 5.10 Å². The van der Waals surface area contributed by atoms with Crippen LogP contribution >= 0.6 is 0 Å². The van der Waals surface area contributed by atoms with Crippen LogP contribution in [0.1, 0.15) is 21.6 Å². The van der Waals surface area contributed by atoms with Crippen LogP contribution in [-0.2, 0) is 7.05 Å². The molecule has 0 spiro atoms. The number of para-hydroxylation sites is 1. The number of benzene rings is 2. The molecule has 0 aliphatic carbocycles. The molecule has 0 amide bonds. The Morgan fingerprint density at radius 3 is 2.38 bits per heavy atom. The van der Waals surface area contributed by atoms with Gasteiger partial charge < -0.3 is 5.11 Å². The molecule has 132 valence electrons. The number of nitrogens with zero attached hydrogens (tertiary/aromatic N) is 3. The van der Waals surface area contributed by atoms with E-state index in [0.717, 1.165) is 5.69 Å². The third-order valence-electron chi connectivity index (χ3n) is 4.06. The number of rotatable bonds is 5. The fraction of sp³-hybridized carbons (Fsp3) is 0.105. The molecular weight excluding hydrogens is 332 g/mol. The van der Waals surface area contributed by atoms with E-state index >= 15 is 0 Å². The molecule has 7 nitrogen and oxygen atoms in total. The van der Waals surface area contributed by atoms with Crippen LogP contribution in [0.4, 0.5) is 5.69 Å². The molecule has 1 heterocycles. The first-order chi connectivity index (χ1) is 12.5.